The number of hydrogen-bond acceptors (Lipinski definition) is 4. The lowest BCUT2D eigenvalue weighted by molar-refractivity contribution is 0.647. The molecule has 142 valence electrons. The second-order valence-electron chi connectivity index (χ2n) is 6.06. The van der Waals surface area contributed by atoms with Crippen LogP contribution in [0.25, 0.3) is 0 Å². The van der Waals surface area contributed by atoms with Crippen LogP contribution in [0.2, 0.25) is 0 Å². The van der Waals surface area contributed by atoms with Gasteiger partial charge in [0.15, 0.2) is 5.96 Å². The number of nitrogens with one attached hydrogen (secondary N) is 2. The van der Waals surface area contributed by atoms with Gasteiger partial charge in [0.25, 0.3) is 0 Å². The molecule has 1 aliphatic rings. The Hall–Kier alpha value is -0.870. The SMILES string of the molecule is CCc1nc(CNC(=NC)NC2CCN(c3ccc(Br)cc3)C2)cs1.I. The first-order valence-electron chi connectivity index (χ1n) is 8.59. The van der Waals surface area contributed by atoms with Gasteiger partial charge in [0.05, 0.1) is 17.2 Å². The molecule has 1 aromatic carbocycles. The normalized spacial score (nSPS) is 17.1. The van der Waals surface area contributed by atoms with Gasteiger partial charge >= 0.3 is 0 Å². The van der Waals surface area contributed by atoms with Crippen LogP contribution in [-0.4, -0.2) is 37.1 Å². The van der Waals surface area contributed by atoms with Crippen molar-refractivity contribution in [3.8, 4) is 0 Å². The zero-order chi connectivity index (χ0) is 17.6. The smallest absolute Gasteiger partial charge is 0.191 e. The molecule has 0 saturated carbocycles. The molecule has 8 heteroatoms. The highest BCUT2D eigenvalue weighted by Gasteiger charge is 2.23. The molecule has 1 unspecified atom stereocenters. The third-order valence-electron chi connectivity index (χ3n) is 4.28. The minimum atomic E-state index is 0. The predicted octanol–water partition coefficient (Wildman–Crippen LogP) is 4.03. The number of rotatable bonds is 5. The molecule has 1 saturated heterocycles. The Balaban J connectivity index is 0.00000243. The first-order valence-corrected chi connectivity index (χ1v) is 10.3. The summed E-state index contributed by atoms with van der Waals surface area (Å²) in [4.78, 5) is 11.3. The highest BCUT2D eigenvalue weighted by molar-refractivity contribution is 14.0. The molecule has 0 amide bonds. The molecule has 0 bridgehead atoms. The van der Waals surface area contributed by atoms with Gasteiger partial charge in [0.2, 0.25) is 0 Å². The van der Waals surface area contributed by atoms with Crippen molar-refractivity contribution in [2.75, 3.05) is 25.0 Å². The zero-order valence-corrected chi connectivity index (χ0v) is 19.8. The van der Waals surface area contributed by atoms with Crippen LogP contribution in [0, 0.1) is 0 Å². The summed E-state index contributed by atoms with van der Waals surface area (Å²) in [7, 11) is 1.81. The van der Waals surface area contributed by atoms with Crippen LogP contribution in [0.5, 0.6) is 0 Å². The Morgan fingerprint density at radius 3 is 2.81 bits per heavy atom. The zero-order valence-electron chi connectivity index (χ0n) is 15.0. The number of aliphatic imine (C=N–C) groups is 1. The van der Waals surface area contributed by atoms with E-state index in [0.717, 1.165) is 42.1 Å². The minimum absolute atomic E-state index is 0. The molecule has 5 nitrogen and oxygen atoms in total. The third-order valence-corrected chi connectivity index (χ3v) is 5.85. The van der Waals surface area contributed by atoms with Crippen molar-refractivity contribution in [3.63, 3.8) is 0 Å². The van der Waals surface area contributed by atoms with Gasteiger partial charge in [-0.05, 0) is 37.1 Å². The monoisotopic (exact) mass is 549 g/mol. The van der Waals surface area contributed by atoms with Crippen molar-refractivity contribution in [3.05, 3.63) is 44.8 Å². The summed E-state index contributed by atoms with van der Waals surface area (Å²) >= 11 is 5.21. The average Bonchev–Trinajstić information content (AvgIpc) is 3.28. The summed E-state index contributed by atoms with van der Waals surface area (Å²) in [6.45, 7) is 4.88. The summed E-state index contributed by atoms with van der Waals surface area (Å²) in [5.41, 5.74) is 2.35. The molecule has 1 fully saturated rings. The van der Waals surface area contributed by atoms with Crippen LogP contribution in [0.3, 0.4) is 0 Å². The van der Waals surface area contributed by atoms with Crippen LogP contribution in [0.4, 0.5) is 5.69 Å². The number of hydrogen-bond donors (Lipinski definition) is 2. The molecule has 0 spiro atoms. The number of benzene rings is 1. The van der Waals surface area contributed by atoms with Gasteiger partial charge < -0.3 is 15.5 Å². The second kappa shape index (κ2) is 10.5. The highest BCUT2D eigenvalue weighted by Crippen LogP contribution is 2.22. The van der Waals surface area contributed by atoms with E-state index in [-0.39, 0.29) is 24.0 Å². The van der Waals surface area contributed by atoms with Crippen molar-refractivity contribution in [2.45, 2.75) is 32.4 Å². The fraction of sp³-hybridized carbons (Fsp3) is 0.444. The Kier molecular flexibility index (Phi) is 8.62. The standard InChI is InChI=1S/C18H24BrN5S.HI/c1-3-17-22-15(12-25-17)10-21-18(20-2)23-14-8-9-24(11-14)16-6-4-13(19)5-7-16;/h4-7,12,14H,3,8-11H2,1-2H3,(H2,20,21,23);1H. The lowest BCUT2D eigenvalue weighted by Crippen LogP contribution is -2.44. The van der Waals surface area contributed by atoms with Gasteiger partial charge in [0.1, 0.15) is 0 Å². The summed E-state index contributed by atoms with van der Waals surface area (Å²) in [5, 5.41) is 10.2. The first-order chi connectivity index (χ1) is 12.2. The number of aromatic nitrogens is 1. The van der Waals surface area contributed by atoms with Gasteiger partial charge in [-0.15, -0.1) is 35.3 Å². The fourth-order valence-electron chi connectivity index (χ4n) is 2.92. The highest BCUT2D eigenvalue weighted by atomic mass is 127. The van der Waals surface area contributed by atoms with Crippen LogP contribution in [-0.2, 0) is 13.0 Å². The van der Waals surface area contributed by atoms with E-state index in [1.807, 2.05) is 7.05 Å². The van der Waals surface area contributed by atoms with Crippen molar-refractivity contribution in [2.24, 2.45) is 4.99 Å². The Bertz CT molecular complexity index is 719. The summed E-state index contributed by atoms with van der Waals surface area (Å²) in [5.74, 6) is 0.841. The second-order valence-corrected chi connectivity index (χ2v) is 7.92. The van der Waals surface area contributed by atoms with Gasteiger partial charge in [0, 0.05) is 41.7 Å². The number of aryl methyl sites for hydroxylation is 1. The molecule has 1 atom stereocenters. The van der Waals surface area contributed by atoms with E-state index in [1.54, 1.807) is 11.3 Å². The molecule has 1 aliphatic heterocycles. The van der Waals surface area contributed by atoms with E-state index in [4.69, 9.17) is 0 Å². The molecule has 3 rings (SSSR count). The lowest BCUT2D eigenvalue weighted by Gasteiger charge is -2.20. The van der Waals surface area contributed by atoms with Crippen LogP contribution in [0.1, 0.15) is 24.0 Å². The largest absolute Gasteiger partial charge is 0.369 e. The average molecular weight is 550 g/mol. The number of nitrogens with zero attached hydrogens (tertiary/aromatic N) is 3. The molecule has 0 aliphatic carbocycles. The summed E-state index contributed by atoms with van der Waals surface area (Å²) < 4.78 is 1.11. The minimum Gasteiger partial charge on any atom is -0.369 e. The maximum atomic E-state index is 4.59. The Morgan fingerprint density at radius 2 is 2.15 bits per heavy atom. The fourth-order valence-corrected chi connectivity index (χ4v) is 3.93. The number of guanidine groups is 1. The summed E-state index contributed by atoms with van der Waals surface area (Å²) in [6.07, 6.45) is 2.10. The number of anilines is 1. The molecule has 26 heavy (non-hydrogen) atoms. The molecule has 2 aromatic rings. The predicted molar refractivity (Wildman–Crippen MR) is 125 cm³/mol. The third kappa shape index (κ3) is 5.82. The van der Waals surface area contributed by atoms with E-state index in [9.17, 15) is 0 Å². The van der Waals surface area contributed by atoms with Gasteiger partial charge in [-0.1, -0.05) is 22.9 Å². The van der Waals surface area contributed by atoms with E-state index in [1.165, 1.54) is 10.7 Å². The lowest BCUT2D eigenvalue weighted by atomic mass is 10.3. The van der Waals surface area contributed by atoms with Gasteiger partial charge in [-0.3, -0.25) is 4.99 Å². The van der Waals surface area contributed by atoms with Crippen molar-refractivity contribution in [1.82, 2.24) is 15.6 Å². The van der Waals surface area contributed by atoms with E-state index >= 15 is 0 Å². The molecular formula is C18H25BrIN5S. The van der Waals surface area contributed by atoms with E-state index in [2.05, 4.69) is 78.0 Å². The Morgan fingerprint density at radius 1 is 1.38 bits per heavy atom. The van der Waals surface area contributed by atoms with Crippen LogP contribution < -0.4 is 15.5 Å². The number of thiazole rings is 1. The molecule has 2 N–H and O–H groups in total. The molecule has 0 radical (unpaired) electrons. The molecule has 2 heterocycles. The topological polar surface area (TPSA) is 52.6 Å². The van der Waals surface area contributed by atoms with Crippen LogP contribution in [0.15, 0.2) is 39.1 Å². The first kappa shape index (κ1) is 21.4. The number of halogens is 2. The quantitative estimate of drug-likeness (QED) is 0.336. The van der Waals surface area contributed by atoms with Crippen molar-refractivity contribution >= 4 is 62.9 Å². The Labute approximate surface area is 184 Å². The van der Waals surface area contributed by atoms with Crippen molar-refractivity contribution in [1.29, 1.82) is 0 Å². The van der Waals surface area contributed by atoms with E-state index < -0.39 is 0 Å². The maximum absolute atomic E-state index is 4.59. The molecule has 1 aromatic heterocycles. The maximum Gasteiger partial charge on any atom is 0.191 e. The molecular weight excluding hydrogens is 525 g/mol. The van der Waals surface area contributed by atoms with E-state index in [0.29, 0.717) is 12.6 Å². The van der Waals surface area contributed by atoms with Gasteiger partial charge in [-0.2, -0.15) is 0 Å². The van der Waals surface area contributed by atoms with Crippen LogP contribution >= 0.6 is 51.2 Å². The summed E-state index contributed by atoms with van der Waals surface area (Å²) in [6, 6.07) is 8.90. The van der Waals surface area contributed by atoms with Gasteiger partial charge in [-0.25, -0.2) is 4.98 Å². The van der Waals surface area contributed by atoms with Crippen molar-refractivity contribution < 1.29 is 0 Å².